The molecule has 0 unspecified atom stereocenters. The van der Waals surface area contributed by atoms with Gasteiger partial charge < -0.3 is 10.8 Å². The van der Waals surface area contributed by atoms with Gasteiger partial charge in [0.05, 0.1) is 6.42 Å². The first-order chi connectivity index (χ1) is 8.65. The number of phenolic OH excluding ortho intramolecular Hbond substituents is 1. The van der Waals surface area contributed by atoms with Crippen molar-refractivity contribution in [2.45, 2.75) is 12.8 Å². The van der Waals surface area contributed by atoms with Crippen molar-refractivity contribution >= 4 is 5.91 Å². The standard InChI is InChI=1S/C15H13NO2/c16-15(18)7-10-5-11(17)8-14-12-4-2-1-3-9(12)6-13(10)14/h1-5,8,17H,6-7H2,(H2,16,18). The zero-order valence-corrected chi connectivity index (χ0v) is 9.81. The molecule has 0 aliphatic heterocycles. The number of rotatable bonds is 2. The monoisotopic (exact) mass is 239 g/mol. The van der Waals surface area contributed by atoms with Crippen LogP contribution in [0.15, 0.2) is 36.4 Å². The molecular weight excluding hydrogens is 226 g/mol. The fourth-order valence-electron chi connectivity index (χ4n) is 2.64. The maximum absolute atomic E-state index is 11.1. The van der Waals surface area contributed by atoms with Gasteiger partial charge in [-0.15, -0.1) is 0 Å². The number of primary amides is 1. The highest BCUT2D eigenvalue weighted by molar-refractivity contribution is 5.83. The van der Waals surface area contributed by atoms with Crippen LogP contribution in [0.25, 0.3) is 11.1 Å². The second-order valence-corrected chi connectivity index (χ2v) is 4.61. The summed E-state index contributed by atoms with van der Waals surface area (Å²) in [4.78, 5) is 11.1. The quantitative estimate of drug-likeness (QED) is 0.718. The number of aromatic hydroxyl groups is 1. The van der Waals surface area contributed by atoms with Crippen LogP contribution in [0.3, 0.4) is 0 Å². The minimum atomic E-state index is -0.376. The van der Waals surface area contributed by atoms with Gasteiger partial charge in [0, 0.05) is 0 Å². The lowest BCUT2D eigenvalue weighted by Crippen LogP contribution is -2.14. The molecule has 0 heterocycles. The van der Waals surface area contributed by atoms with Gasteiger partial charge in [-0.05, 0) is 46.4 Å². The molecule has 1 aliphatic rings. The lowest BCUT2D eigenvalue weighted by atomic mass is 9.98. The first kappa shape index (κ1) is 10.8. The number of carbonyl (C=O) groups is 1. The van der Waals surface area contributed by atoms with Crippen LogP contribution in [0, 0.1) is 0 Å². The number of fused-ring (bicyclic) bond motifs is 3. The van der Waals surface area contributed by atoms with Crippen LogP contribution in [0.2, 0.25) is 0 Å². The molecule has 3 heteroatoms. The summed E-state index contributed by atoms with van der Waals surface area (Å²) in [7, 11) is 0. The number of hydrogen-bond acceptors (Lipinski definition) is 2. The van der Waals surface area contributed by atoms with E-state index in [-0.39, 0.29) is 18.1 Å². The molecule has 0 radical (unpaired) electrons. The van der Waals surface area contributed by atoms with Crippen molar-refractivity contribution in [3.8, 4) is 16.9 Å². The summed E-state index contributed by atoms with van der Waals surface area (Å²) in [5, 5.41) is 9.76. The highest BCUT2D eigenvalue weighted by Gasteiger charge is 2.22. The second-order valence-electron chi connectivity index (χ2n) is 4.61. The fraction of sp³-hybridized carbons (Fsp3) is 0.133. The van der Waals surface area contributed by atoms with E-state index < -0.39 is 0 Å². The van der Waals surface area contributed by atoms with Gasteiger partial charge >= 0.3 is 0 Å². The number of phenols is 1. The van der Waals surface area contributed by atoms with Crippen molar-refractivity contribution in [2.24, 2.45) is 5.73 Å². The zero-order valence-electron chi connectivity index (χ0n) is 9.81. The normalized spacial score (nSPS) is 12.0. The Morgan fingerprint density at radius 1 is 1.22 bits per heavy atom. The van der Waals surface area contributed by atoms with Gasteiger partial charge in [-0.2, -0.15) is 0 Å². The molecule has 18 heavy (non-hydrogen) atoms. The van der Waals surface area contributed by atoms with Crippen LogP contribution < -0.4 is 5.73 Å². The average molecular weight is 239 g/mol. The Morgan fingerprint density at radius 3 is 2.78 bits per heavy atom. The van der Waals surface area contributed by atoms with Crippen molar-refractivity contribution in [1.29, 1.82) is 0 Å². The van der Waals surface area contributed by atoms with Gasteiger partial charge in [-0.1, -0.05) is 24.3 Å². The highest BCUT2D eigenvalue weighted by atomic mass is 16.3. The van der Waals surface area contributed by atoms with Crippen LogP contribution in [0.4, 0.5) is 0 Å². The van der Waals surface area contributed by atoms with E-state index in [1.807, 2.05) is 18.2 Å². The van der Waals surface area contributed by atoms with Gasteiger partial charge in [0.1, 0.15) is 5.75 Å². The molecule has 0 fully saturated rings. The number of hydrogen-bond donors (Lipinski definition) is 2. The lowest BCUT2D eigenvalue weighted by Gasteiger charge is -2.08. The average Bonchev–Trinajstić information content (AvgIpc) is 2.67. The molecule has 0 atom stereocenters. The summed E-state index contributed by atoms with van der Waals surface area (Å²) in [5.41, 5.74) is 10.6. The van der Waals surface area contributed by atoms with E-state index in [0.29, 0.717) is 0 Å². The maximum atomic E-state index is 11.1. The van der Waals surface area contributed by atoms with Crippen LogP contribution in [0.5, 0.6) is 5.75 Å². The van der Waals surface area contributed by atoms with Gasteiger partial charge in [0.2, 0.25) is 5.91 Å². The third-order valence-electron chi connectivity index (χ3n) is 3.37. The van der Waals surface area contributed by atoms with E-state index in [1.165, 1.54) is 5.56 Å². The van der Waals surface area contributed by atoms with E-state index in [1.54, 1.807) is 12.1 Å². The summed E-state index contributed by atoms with van der Waals surface area (Å²) >= 11 is 0. The Morgan fingerprint density at radius 2 is 2.00 bits per heavy atom. The fourth-order valence-corrected chi connectivity index (χ4v) is 2.64. The SMILES string of the molecule is NC(=O)Cc1cc(O)cc2c1Cc1ccccc1-2. The number of benzene rings is 2. The molecule has 90 valence electrons. The van der Waals surface area contributed by atoms with Crippen molar-refractivity contribution in [1.82, 2.24) is 0 Å². The van der Waals surface area contributed by atoms with E-state index in [2.05, 4.69) is 6.07 Å². The summed E-state index contributed by atoms with van der Waals surface area (Å²) in [6.45, 7) is 0. The Balaban J connectivity index is 2.19. The van der Waals surface area contributed by atoms with Crippen LogP contribution in [0.1, 0.15) is 16.7 Å². The molecule has 3 N–H and O–H groups in total. The minimum absolute atomic E-state index is 0.171. The number of nitrogens with two attached hydrogens (primary N) is 1. The molecule has 1 aliphatic carbocycles. The highest BCUT2D eigenvalue weighted by Crippen LogP contribution is 2.40. The molecule has 2 aromatic carbocycles. The van der Waals surface area contributed by atoms with Gasteiger partial charge in [0.15, 0.2) is 0 Å². The Labute approximate surface area is 105 Å². The summed E-state index contributed by atoms with van der Waals surface area (Å²) < 4.78 is 0. The van der Waals surface area contributed by atoms with E-state index in [0.717, 1.165) is 28.7 Å². The molecule has 0 aromatic heterocycles. The van der Waals surface area contributed by atoms with E-state index in [4.69, 9.17) is 5.73 Å². The lowest BCUT2D eigenvalue weighted by molar-refractivity contribution is -0.117. The zero-order chi connectivity index (χ0) is 12.7. The summed E-state index contributed by atoms with van der Waals surface area (Å²) in [5.74, 6) is -0.194. The van der Waals surface area contributed by atoms with Gasteiger partial charge in [0.25, 0.3) is 0 Å². The van der Waals surface area contributed by atoms with Crippen molar-refractivity contribution in [3.05, 3.63) is 53.1 Å². The predicted molar refractivity (Wildman–Crippen MR) is 69.2 cm³/mol. The van der Waals surface area contributed by atoms with Crippen LogP contribution in [-0.2, 0) is 17.6 Å². The van der Waals surface area contributed by atoms with Crippen molar-refractivity contribution in [2.75, 3.05) is 0 Å². The summed E-state index contributed by atoms with van der Waals surface area (Å²) in [6.07, 6.45) is 0.971. The smallest absolute Gasteiger partial charge is 0.221 e. The van der Waals surface area contributed by atoms with E-state index in [9.17, 15) is 9.90 Å². The Bertz CT molecular complexity index is 647. The number of amides is 1. The van der Waals surface area contributed by atoms with Gasteiger partial charge in [-0.25, -0.2) is 0 Å². The molecular formula is C15H13NO2. The predicted octanol–water partition coefficient (Wildman–Crippen LogP) is 1.99. The summed E-state index contributed by atoms with van der Waals surface area (Å²) in [6, 6.07) is 11.5. The third kappa shape index (κ3) is 1.64. The van der Waals surface area contributed by atoms with Crippen LogP contribution in [-0.4, -0.2) is 11.0 Å². The molecule has 3 nitrogen and oxygen atoms in total. The topological polar surface area (TPSA) is 63.3 Å². The van der Waals surface area contributed by atoms with Gasteiger partial charge in [-0.3, -0.25) is 4.79 Å². The first-order valence-electron chi connectivity index (χ1n) is 5.86. The van der Waals surface area contributed by atoms with E-state index >= 15 is 0 Å². The van der Waals surface area contributed by atoms with Crippen molar-refractivity contribution in [3.63, 3.8) is 0 Å². The molecule has 2 aromatic rings. The Kier molecular flexibility index (Phi) is 2.33. The second kappa shape index (κ2) is 3.88. The van der Waals surface area contributed by atoms with Crippen molar-refractivity contribution < 1.29 is 9.90 Å². The maximum Gasteiger partial charge on any atom is 0.221 e. The largest absolute Gasteiger partial charge is 0.508 e. The molecule has 3 rings (SSSR count). The Hall–Kier alpha value is -2.29. The van der Waals surface area contributed by atoms with Crippen LogP contribution >= 0.6 is 0 Å². The first-order valence-corrected chi connectivity index (χ1v) is 5.86. The molecule has 1 amide bonds. The molecule has 0 spiro atoms. The molecule has 0 bridgehead atoms. The minimum Gasteiger partial charge on any atom is -0.508 e. The third-order valence-corrected chi connectivity index (χ3v) is 3.37. The molecule has 0 saturated carbocycles. The number of carbonyl (C=O) groups excluding carboxylic acids is 1. The molecule has 0 saturated heterocycles.